The zero-order chi connectivity index (χ0) is 28.7. The molecule has 3 atom stereocenters. The van der Waals surface area contributed by atoms with Crippen molar-refractivity contribution in [3.05, 3.63) is 71.4 Å². The van der Waals surface area contributed by atoms with E-state index in [1.54, 1.807) is 18.3 Å². The maximum Gasteiger partial charge on any atom is 0.326 e. The van der Waals surface area contributed by atoms with Crippen LogP contribution in [0.1, 0.15) is 34.8 Å². The van der Waals surface area contributed by atoms with Gasteiger partial charge >= 0.3 is 11.9 Å². The lowest BCUT2D eigenvalue weighted by Crippen LogP contribution is -2.56. The van der Waals surface area contributed by atoms with Crippen LogP contribution in [-0.2, 0) is 25.6 Å². The van der Waals surface area contributed by atoms with E-state index in [1.165, 1.54) is 31.2 Å². The summed E-state index contributed by atoms with van der Waals surface area (Å²) in [4.78, 5) is 64.4. The van der Waals surface area contributed by atoms with Gasteiger partial charge in [0, 0.05) is 34.6 Å². The van der Waals surface area contributed by atoms with Crippen LogP contribution in [0.3, 0.4) is 0 Å². The number of hydrogen-bond donors (Lipinski definition) is 8. The normalized spacial score (nSPS) is 13.1. The second-order valence-electron chi connectivity index (χ2n) is 8.81. The Bertz CT molecular complexity index is 1420. The van der Waals surface area contributed by atoms with E-state index in [4.69, 9.17) is 11.1 Å². The number of para-hydroxylation sites is 1. The molecule has 0 bridgehead atoms. The summed E-state index contributed by atoms with van der Waals surface area (Å²) in [6.45, 7) is 1.34. The van der Waals surface area contributed by atoms with Crippen molar-refractivity contribution in [1.82, 2.24) is 20.9 Å². The molecule has 0 fully saturated rings. The molecule has 1 aromatic heterocycles. The Kier molecular flexibility index (Phi) is 8.99. The van der Waals surface area contributed by atoms with Crippen LogP contribution in [-0.4, -0.2) is 68.8 Å². The smallest absolute Gasteiger partial charge is 0.326 e. The highest BCUT2D eigenvalue weighted by Gasteiger charge is 2.30. The van der Waals surface area contributed by atoms with Gasteiger partial charge in [-0.2, -0.15) is 0 Å². The fourth-order valence-electron chi connectivity index (χ4n) is 3.82. The number of nitrogens with one attached hydrogen (secondary N) is 5. The lowest BCUT2D eigenvalue weighted by molar-refractivity contribution is -0.143. The molecule has 0 radical (unpaired) electrons. The molecule has 0 unspecified atom stereocenters. The van der Waals surface area contributed by atoms with Crippen LogP contribution >= 0.6 is 0 Å². The van der Waals surface area contributed by atoms with Crippen LogP contribution in [0.15, 0.2) is 54.7 Å². The van der Waals surface area contributed by atoms with Gasteiger partial charge < -0.3 is 36.9 Å². The molecule has 9 N–H and O–H groups in total. The average molecular weight is 537 g/mol. The largest absolute Gasteiger partial charge is 0.481 e. The minimum absolute atomic E-state index is 0.0896. The minimum atomic E-state index is -1.60. The number of rotatable bonds is 12. The molecule has 0 saturated carbocycles. The summed E-state index contributed by atoms with van der Waals surface area (Å²) in [5.41, 5.74) is 7.39. The lowest BCUT2D eigenvalue weighted by Gasteiger charge is -2.22. The summed E-state index contributed by atoms with van der Waals surface area (Å²) in [6, 6.07) is 8.78. The number of aliphatic carboxylic acids is 2. The van der Waals surface area contributed by atoms with Gasteiger partial charge in [0.15, 0.2) is 0 Å². The van der Waals surface area contributed by atoms with Gasteiger partial charge in [0.05, 0.1) is 6.42 Å². The van der Waals surface area contributed by atoms with Crippen LogP contribution in [0.25, 0.3) is 10.9 Å². The molecule has 3 aromatic rings. The molecule has 204 valence electrons. The number of carbonyl (C=O) groups is 5. The number of nitrogens with two attached hydrogens (primary N) is 1. The Morgan fingerprint density at radius 1 is 0.897 bits per heavy atom. The number of H-pyrrole nitrogens is 1. The van der Waals surface area contributed by atoms with Crippen molar-refractivity contribution < 1.29 is 34.2 Å². The van der Waals surface area contributed by atoms with E-state index in [2.05, 4.69) is 20.9 Å². The summed E-state index contributed by atoms with van der Waals surface area (Å²) in [7, 11) is 0. The third-order valence-electron chi connectivity index (χ3n) is 5.92. The van der Waals surface area contributed by atoms with Crippen molar-refractivity contribution >= 4 is 46.4 Å². The first-order valence-corrected chi connectivity index (χ1v) is 11.8. The second-order valence-corrected chi connectivity index (χ2v) is 8.81. The Hall–Kier alpha value is -5.20. The molecule has 0 saturated heterocycles. The Morgan fingerprint density at radius 3 is 2.13 bits per heavy atom. The molecule has 0 aliphatic carbocycles. The highest BCUT2D eigenvalue weighted by Crippen LogP contribution is 2.19. The van der Waals surface area contributed by atoms with E-state index in [0.29, 0.717) is 11.1 Å². The first-order valence-electron chi connectivity index (χ1n) is 11.8. The first kappa shape index (κ1) is 28.4. The predicted octanol–water partition coefficient (Wildman–Crippen LogP) is 0.342. The Morgan fingerprint density at radius 2 is 1.51 bits per heavy atom. The number of aromatic amines is 1. The van der Waals surface area contributed by atoms with E-state index in [1.807, 2.05) is 12.1 Å². The van der Waals surface area contributed by atoms with Gasteiger partial charge in [-0.25, -0.2) is 4.79 Å². The number of carbonyl (C=O) groups excluding carboxylic acids is 3. The van der Waals surface area contributed by atoms with Gasteiger partial charge in [-0.15, -0.1) is 0 Å². The van der Waals surface area contributed by atoms with Crippen molar-refractivity contribution in [2.45, 2.75) is 37.9 Å². The van der Waals surface area contributed by atoms with Crippen LogP contribution in [0.2, 0.25) is 0 Å². The molecule has 0 spiro atoms. The first-order chi connectivity index (χ1) is 18.5. The standard InChI is InChI=1S/C26H28N6O7/c1-13(30-24(36)15-8-6-14(7-9-15)22(27)28)23(35)31-19(11-21(33)34)25(37)32-20(26(38)39)10-16-12-29-18-5-3-2-4-17(16)18/h2-9,12-13,19-20,29H,10-11H2,1H3,(H3,27,28)(H,30,36)(H,31,35)(H,32,37)(H,33,34)(H,38,39)/t13-,19-,20-/m0/s1. The maximum absolute atomic E-state index is 12.9. The van der Waals surface area contributed by atoms with Gasteiger partial charge in [-0.3, -0.25) is 24.6 Å². The van der Waals surface area contributed by atoms with Crippen molar-refractivity contribution in [2.24, 2.45) is 5.73 Å². The molecule has 0 aliphatic rings. The van der Waals surface area contributed by atoms with Gasteiger partial charge in [-0.1, -0.05) is 30.3 Å². The molecule has 13 heteroatoms. The molecule has 1 heterocycles. The van der Waals surface area contributed by atoms with E-state index >= 15 is 0 Å². The van der Waals surface area contributed by atoms with Crippen molar-refractivity contribution in [1.29, 1.82) is 5.41 Å². The molecule has 2 aromatic carbocycles. The maximum atomic E-state index is 12.9. The molecule has 0 aliphatic heterocycles. The summed E-state index contributed by atoms with van der Waals surface area (Å²) in [5, 5.41) is 34.1. The fraction of sp³-hybridized carbons (Fsp3) is 0.231. The summed E-state index contributed by atoms with van der Waals surface area (Å²) >= 11 is 0. The third kappa shape index (κ3) is 7.41. The Balaban J connectivity index is 1.66. The molecular weight excluding hydrogens is 508 g/mol. The van der Waals surface area contributed by atoms with Crippen LogP contribution in [0.5, 0.6) is 0 Å². The van der Waals surface area contributed by atoms with Crippen molar-refractivity contribution in [2.75, 3.05) is 0 Å². The van der Waals surface area contributed by atoms with Crippen LogP contribution in [0, 0.1) is 5.41 Å². The predicted molar refractivity (Wildman–Crippen MR) is 140 cm³/mol. The number of carboxylic acid groups (broad SMARTS) is 2. The second kappa shape index (κ2) is 12.4. The van der Waals surface area contributed by atoms with Crippen LogP contribution in [0.4, 0.5) is 0 Å². The van der Waals surface area contributed by atoms with Gasteiger partial charge in [0.1, 0.15) is 24.0 Å². The summed E-state index contributed by atoms with van der Waals surface area (Å²) in [6.07, 6.45) is 0.721. The third-order valence-corrected chi connectivity index (χ3v) is 5.92. The zero-order valence-electron chi connectivity index (χ0n) is 20.9. The highest BCUT2D eigenvalue weighted by molar-refractivity contribution is 6.00. The number of amides is 3. The summed E-state index contributed by atoms with van der Waals surface area (Å²) < 4.78 is 0. The summed E-state index contributed by atoms with van der Waals surface area (Å²) in [5.74, 6) is -5.41. The molecule has 13 nitrogen and oxygen atoms in total. The number of aromatic nitrogens is 1. The van der Waals surface area contributed by atoms with E-state index in [-0.39, 0.29) is 17.8 Å². The minimum Gasteiger partial charge on any atom is -0.481 e. The number of fused-ring (bicyclic) bond motifs is 1. The van der Waals surface area contributed by atoms with E-state index in [9.17, 15) is 34.2 Å². The monoisotopic (exact) mass is 536 g/mol. The topological polar surface area (TPSA) is 228 Å². The SMILES string of the molecule is C[C@H](NC(=O)c1ccc(C(=N)N)cc1)C(=O)N[C@@H](CC(=O)O)C(=O)N[C@@H](Cc1c[nH]c2ccccc12)C(=O)O. The lowest BCUT2D eigenvalue weighted by atomic mass is 10.0. The van der Waals surface area contributed by atoms with Crippen LogP contribution < -0.4 is 21.7 Å². The van der Waals surface area contributed by atoms with Crippen molar-refractivity contribution in [3.63, 3.8) is 0 Å². The fourth-order valence-corrected chi connectivity index (χ4v) is 3.82. The molecule has 3 rings (SSSR count). The van der Waals surface area contributed by atoms with Crippen molar-refractivity contribution in [3.8, 4) is 0 Å². The molecule has 39 heavy (non-hydrogen) atoms. The van der Waals surface area contributed by atoms with E-state index in [0.717, 1.165) is 10.9 Å². The van der Waals surface area contributed by atoms with Gasteiger partial charge in [0.25, 0.3) is 5.91 Å². The number of carboxylic acids is 2. The number of amidine groups is 1. The molecule has 3 amide bonds. The number of hydrogen-bond acceptors (Lipinski definition) is 6. The number of nitrogen functional groups attached to an aromatic ring is 1. The number of benzene rings is 2. The Labute approximate surface area is 222 Å². The highest BCUT2D eigenvalue weighted by atomic mass is 16.4. The van der Waals surface area contributed by atoms with Gasteiger partial charge in [-0.05, 0) is 30.7 Å². The molecular formula is C26H28N6O7. The average Bonchev–Trinajstić information content (AvgIpc) is 3.30. The quantitative estimate of drug-likeness (QED) is 0.119. The zero-order valence-corrected chi connectivity index (χ0v) is 20.9. The van der Waals surface area contributed by atoms with Gasteiger partial charge in [0.2, 0.25) is 11.8 Å². The van der Waals surface area contributed by atoms with E-state index < -0.39 is 54.2 Å².